The molecule has 0 radical (unpaired) electrons. The van der Waals surface area contributed by atoms with Gasteiger partial charge in [-0.2, -0.15) is 5.10 Å². The summed E-state index contributed by atoms with van der Waals surface area (Å²) in [6, 6.07) is 25.0. The first kappa shape index (κ1) is 19.4. The third kappa shape index (κ3) is 3.89. The Balaban J connectivity index is 1.48. The molecule has 5 aromatic rings. The molecule has 1 N–H and O–H groups in total. The van der Waals surface area contributed by atoms with E-state index in [1.165, 1.54) is 6.33 Å². The maximum absolute atomic E-state index is 13.2. The summed E-state index contributed by atoms with van der Waals surface area (Å²) < 4.78 is 3.28. The highest BCUT2D eigenvalue weighted by molar-refractivity contribution is 6.08. The number of aryl methyl sites for hydroxylation is 1. The van der Waals surface area contributed by atoms with Crippen LogP contribution in [0.4, 0.5) is 5.69 Å². The van der Waals surface area contributed by atoms with Gasteiger partial charge >= 0.3 is 0 Å². The zero-order chi connectivity index (χ0) is 21.9. The van der Waals surface area contributed by atoms with Gasteiger partial charge in [0, 0.05) is 17.4 Å². The molecular formula is C24H19N7O. The molecule has 0 saturated heterocycles. The minimum absolute atomic E-state index is 0.237. The van der Waals surface area contributed by atoms with E-state index in [4.69, 9.17) is 5.10 Å². The van der Waals surface area contributed by atoms with Gasteiger partial charge in [-0.3, -0.25) is 4.79 Å². The van der Waals surface area contributed by atoms with Gasteiger partial charge in [0.15, 0.2) is 0 Å². The number of para-hydroxylation sites is 1. The van der Waals surface area contributed by atoms with E-state index in [1.807, 2.05) is 85.8 Å². The van der Waals surface area contributed by atoms with Crippen LogP contribution in [0, 0.1) is 6.92 Å². The van der Waals surface area contributed by atoms with Crippen LogP contribution in [0.1, 0.15) is 15.9 Å². The Morgan fingerprint density at radius 1 is 0.875 bits per heavy atom. The van der Waals surface area contributed by atoms with Crippen molar-refractivity contribution in [2.75, 3.05) is 5.32 Å². The second kappa shape index (κ2) is 8.27. The van der Waals surface area contributed by atoms with Crippen molar-refractivity contribution in [1.82, 2.24) is 30.0 Å². The Morgan fingerprint density at radius 2 is 1.66 bits per heavy atom. The number of hydrogen-bond donors (Lipinski definition) is 1. The van der Waals surface area contributed by atoms with Crippen molar-refractivity contribution >= 4 is 11.6 Å². The topological polar surface area (TPSA) is 90.5 Å². The summed E-state index contributed by atoms with van der Waals surface area (Å²) in [7, 11) is 0. The number of carbonyl (C=O) groups excluding carboxylic acids is 1. The van der Waals surface area contributed by atoms with Crippen molar-refractivity contribution in [3.63, 3.8) is 0 Å². The Morgan fingerprint density at radius 3 is 2.38 bits per heavy atom. The van der Waals surface area contributed by atoms with Crippen LogP contribution >= 0.6 is 0 Å². The number of tetrazole rings is 1. The molecule has 8 nitrogen and oxygen atoms in total. The van der Waals surface area contributed by atoms with Crippen LogP contribution in [-0.4, -0.2) is 35.9 Å². The molecule has 5 rings (SSSR count). The van der Waals surface area contributed by atoms with E-state index in [1.54, 1.807) is 15.6 Å². The monoisotopic (exact) mass is 421 g/mol. The van der Waals surface area contributed by atoms with E-state index >= 15 is 0 Å². The third-order valence-corrected chi connectivity index (χ3v) is 5.01. The fourth-order valence-electron chi connectivity index (χ4n) is 3.43. The molecule has 2 heterocycles. The van der Waals surface area contributed by atoms with E-state index in [0.29, 0.717) is 16.9 Å². The average molecular weight is 421 g/mol. The number of carbonyl (C=O) groups is 1. The van der Waals surface area contributed by atoms with Crippen LogP contribution in [0.3, 0.4) is 0 Å². The average Bonchev–Trinajstić information content (AvgIpc) is 3.51. The van der Waals surface area contributed by atoms with Gasteiger partial charge in [0.05, 0.1) is 16.9 Å². The van der Waals surface area contributed by atoms with Crippen molar-refractivity contribution in [2.24, 2.45) is 0 Å². The molecule has 0 aliphatic rings. The smallest absolute Gasteiger partial charge is 0.259 e. The van der Waals surface area contributed by atoms with Gasteiger partial charge in [0.25, 0.3) is 5.91 Å². The molecule has 2 aromatic heterocycles. The molecule has 156 valence electrons. The third-order valence-electron chi connectivity index (χ3n) is 5.01. The van der Waals surface area contributed by atoms with Gasteiger partial charge in [0.2, 0.25) is 0 Å². The second-order valence-corrected chi connectivity index (χ2v) is 7.30. The van der Waals surface area contributed by atoms with E-state index < -0.39 is 0 Å². The summed E-state index contributed by atoms with van der Waals surface area (Å²) in [5, 5.41) is 18.8. The lowest BCUT2D eigenvalue weighted by atomic mass is 10.1. The summed E-state index contributed by atoms with van der Waals surface area (Å²) in [6.45, 7) is 2.02. The lowest BCUT2D eigenvalue weighted by Gasteiger charge is -2.07. The largest absolute Gasteiger partial charge is 0.322 e. The Kier molecular flexibility index (Phi) is 5.01. The predicted octanol–water partition coefficient (Wildman–Crippen LogP) is 4.08. The van der Waals surface area contributed by atoms with Crippen LogP contribution < -0.4 is 5.32 Å². The number of hydrogen-bond acceptors (Lipinski definition) is 5. The highest BCUT2D eigenvalue weighted by Gasteiger charge is 2.19. The fraction of sp³-hybridized carbons (Fsp3) is 0.0417. The number of nitrogens with zero attached hydrogens (tertiary/aromatic N) is 6. The normalized spacial score (nSPS) is 10.8. The molecule has 32 heavy (non-hydrogen) atoms. The predicted molar refractivity (Wildman–Crippen MR) is 121 cm³/mol. The SMILES string of the molecule is Cc1cccc(-c2nn(-c3ccccc3)cc2C(=O)Nc2ccc(-n3cnnn3)cc2)c1. The summed E-state index contributed by atoms with van der Waals surface area (Å²) in [4.78, 5) is 13.2. The van der Waals surface area contributed by atoms with Crippen molar-refractivity contribution in [2.45, 2.75) is 6.92 Å². The van der Waals surface area contributed by atoms with Crippen LogP contribution in [0.5, 0.6) is 0 Å². The summed E-state index contributed by atoms with van der Waals surface area (Å²) in [5.74, 6) is -0.237. The summed E-state index contributed by atoms with van der Waals surface area (Å²) in [6.07, 6.45) is 3.28. The first-order valence-corrected chi connectivity index (χ1v) is 10.0. The molecule has 3 aromatic carbocycles. The first-order chi connectivity index (χ1) is 15.7. The van der Waals surface area contributed by atoms with E-state index in [0.717, 1.165) is 22.5 Å². The summed E-state index contributed by atoms with van der Waals surface area (Å²) >= 11 is 0. The zero-order valence-electron chi connectivity index (χ0n) is 17.3. The molecular weight excluding hydrogens is 402 g/mol. The van der Waals surface area contributed by atoms with Crippen molar-refractivity contribution < 1.29 is 4.79 Å². The van der Waals surface area contributed by atoms with Crippen molar-refractivity contribution in [1.29, 1.82) is 0 Å². The molecule has 0 aliphatic carbocycles. The first-order valence-electron chi connectivity index (χ1n) is 10.0. The number of nitrogens with one attached hydrogen (secondary N) is 1. The van der Waals surface area contributed by atoms with Crippen LogP contribution in [0.15, 0.2) is 91.4 Å². The standard InChI is InChI=1S/C24H19N7O/c1-17-6-5-7-18(14-17)23-22(15-30(27-23)20-8-3-2-4-9-20)24(32)26-19-10-12-21(13-11-19)31-16-25-28-29-31/h2-16H,1H3,(H,26,32). The van der Waals surface area contributed by atoms with E-state index in [9.17, 15) is 4.79 Å². The minimum atomic E-state index is -0.237. The maximum atomic E-state index is 13.2. The zero-order valence-corrected chi connectivity index (χ0v) is 17.3. The molecule has 0 spiro atoms. The van der Waals surface area contributed by atoms with Crippen LogP contribution in [0.2, 0.25) is 0 Å². The second-order valence-electron chi connectivity index (χ2n) is 7.30. The lowest BCUT2D eigenvalue weighted by molar-refractivity contribution is 0.102. The Labute approximate surface area is 184 Å². The molecule has 0 aliphatic heterocycles. The quantitative estimate of drug-likeness (QED) is 0.462. The Hall–Kier alpha value is -4.59. The van der Waals surface area contributed by atoms with E-state index in [-0.39, 0.29) is 5.91 Å². The van der Waals surface area contributed by atoms with Gasteiger partial charge < -0.3 is 5.32 Å². The number of anilines is 1. The molecule has 0 bridgehead atoms. The fourth-order valence-corrected chi connectivity index (χ4v) is 3.43. The van der Waals surface area contributed by atoms with Gasteiger partial charge in [-0.15, -0.1) is 5.10 Å². The van der Waals surface area contributed by atoms with Crippen molar-refractivity contribution in [3.05, 3.63) is 103 Å². The molecule has 0 unspecified atom stereocenters. The van der Waals surface area contributed by atoms with E-state index in [2.05, 4.69) is 20.8 Å². The molecule has 8 heteroatoms. The molecule has 0 fully saturated rings. The van der Waals surface area contributed by atoms with Crippen molar-refractivity contribution in [3.8, 4) is 22.6 Å². The summed E-state index contributed by atoms with van der Waals surface area (Å²) in [5.41, 5.74) is 5.44. The van der Waals surface area contributed by atoms with Gasteiger partial charge in [-0.25, -0.2) is 9.36 Å². The van der Waals surface area contributed by atoms with Gasteiger partial charge in [0.1, 0.15) is 12.0 Å². The molecule has 0 saturated carbocycles. The lowest BCUT2D eigenvalue weighted by Crippen LogP contribution is -2.12. The number of rotatable bonds is 5. The molecule has 0 atom stereocenters. The highest BCUT2D eigenvalue weighted by atomic mass is 16.1. The number of benzene rings is 3. The number of aromatic nitrogens is 6. The highest BCUT2D eigenvalue weighted by Crippen LogP contribution is 2.26. The minimum Gasteiger partial charge on any atom is -0.322 e. The maximum Gasteiger partial charge on any atom is 0.259 e. The Bertz CT molecular complexity index is 1360. The van der Waals surface area contributed by atoms with Gasteiger partial charge in [-0.05, 0) is 59.8 Å². The van der Waals surface area contributed by atoms with Crippen LogP contribution in [-0.2, 0) is 0 Å². The van der Waals surface area contributed by atoms with Crippen LogP contribution in [0.25, 0.3) is 22.6 Å². The van der Waals surface area contributed by atoms with Gasteiger partial charge in [-0.1, -0.05) is 42.0 Å². The molecule has 1 amide bonds. The number of amides is 1.